The summed E-state index contributed by atoms with van der Waals surface area (Å²) in [7, 11) is 0. The van der Waals surface area contributed by atoms with E-state index in [0.717, 1.165) is 15.3 Å². The van der Waals surface area contributed by atoms with Crippen LogP contribution in [0.4, 0.5) is 0 Å². The van der Waals surface area contributed by atoms with Crippen LogP contribution in [0.1, 0.15) is 37.0 Å². The van der Waals surface area contributed by atoms with E-state index in [1.165, 1.54) is 11.8 Å². The minimum atomic E-state index is -0.194. The summed E-state index contributed by atoms with van der Waals surface area (Å²) in [6, 6.07) is 0. The van der Waals surface area contributed by atoms with Gasteiger partial charge >= 0.3 is 0 Å². The Morgan fingerprint density at radius 2 is 2.04 bits per heavy atom. The Morgan fingerprint density at radius 1 is 1.38 bits per heavy atom. The van der Waals surface area contributed by atoms with Gasteiger partial charge in [-0.2, -0.15) is 0 Å². The Balaban J connectivity index is 1.67. The number of aryl methyl sites for hydroxylation is 2. The van der Waals surface area contributed by atoms with Crippen LogP contribution in [-0.2, 0) is 15.3 Å². The monoisotopic (exact) mass is 395 g/mol. The summed E-state index contributed by atoms with van der Waals surface area (Å²) in [6.07, 6.45) is 0.122. The zero-order chi connectivity index (χ0) is 19.0. The summed E-state index contributed by atoms with van der Waals surface area (Å²) in [5.74, 6) is 1.24. The van der Waals surface area contributed by atoms with Crippen LogP contribution in [-0.4, -0.2) is 51.3 Å². The van der Waals surface area contributed by atoms with Gasteiger partial charge in [-0.1, -0.05) is 0 Å². The predicted molar refractivity (Wildman–Crippen MR) is 107 cm³/mol. The lowest BCUT2D eigenvalue weighted by Crippen LogP contribution is -2.50. The van der Waals surface area contributed by atoms with Crippen molar-refractivity contribution < 1.29 is 9.53 Å². The molecule has 1 amide bonds. The largest absolute Gasteiger partial charge is 0.372 e. The van der Waals surface area contributed by atoms with E-state index in [1.807, 2.05) is 39.5 Å². The van der Waals surface area contributed by atoms with Crippen molar-refractivity contribution >= 4 is 39.2 Å². The van der Waals surface area contributed by atoms with Crippen LogP contribution in [0.5, 0.6) is 0 Å². The summed E-state index contributed by atoms with van der Waals surface area (Å²) in [5, 5.41) is 0.488. The van der Waals surface area contributed by atoms with Crippen LogP contribution in [0.15, 0.2) is 4.79 Å². The maximum absolute atomic E-state index is 12.7. The maximum atomic E-state index is 12.7. The highest BCUT2D eigenvalue weighted by Gasteiger charge is 2.29. The molecule has 0 unspecified atom stereocenters. The molecular weight excluding hydrogens is 370 g/mol. The second-order valence-corrected chi connectivity index (χ2v) is 9.46. The number of hydrogen-bond acceptors (Lipinski definition) is 6. The molecular formula is C18H25N3O3S2. The number of nitrogens with one attached hydrogen (secondary N) is 1. The Bertz CT molecular complexity index is 866. The minimum Gasteiger partial charge on any atom is -0.372 e. The van der Waals surface area contributed by atoms with Gasteiger partial charge in [-0.3, -0.25) is 9.59 Å². The second-order valence-electron chi connectivity index (χ2n) is 6.93. The number of aromatic amines is 1. The molecule has 26 heavy (non-hydrogen) atoms. The number of fused-ring (bicyclic) bond motifs is 1. The van der Waals surface area contributed by atoms with Gasteiger partial charge in [0.15, 0.2) is 0 Å². The van der Waals surface area contributed by atoms with Crippen LogP contribution in [0.25, 0.3) is 10.2 Å². The van der Waals surface area contributed by atoms with Crippen LogP contribution < -0.4 is 5.56 Å². The molecule has 0 aliphatic carbocycles. The second kappa shape index (κ2) is 7.70. The van der Waals surface area contributed by atoms with Gasteiger partial charge in [0.2, 0.25) is 5.91 Å². The van der Waals surface area contributed by atoms with Crippen molar-refractivity contribution in [3.8, 4) is 0 Å². The number of aromatic nitrogens is 2. The Morgan fingerprint density at radius 3 is 2.69 bits per heavy atom. The van der Waals surface area contributed by atoms with Crippen molar-refractivity contribution in [2.24, 2.45) is 0 Å². The lowest BCUT2D eigenvalue weighted by atomic mass is 10.2. The number of nitrogens with zero attached hydrogens (tertiary/aromatic N) is 2. The lowest BCUT2D eigenvalue weighted by Gasteiger charge is -2.36. The van der Waals surface area contributed by atoms with E-state index in [9.17, 15) is 9.59 Å². The third kappa shape index (κ3) is 3.97. The van der Waals surface area contributed by atoms with Gasteiger partial charge in [-0.25, -0.2) is 4.98 Å². The van der Waals surface area contributed by atoms with Crippen molar-refractivity contribution in [1.82, 2.24) is 14.9 Å². The molecule has 142 valence electrons. The number of ether oxygens (including phenoxy) is 1. The van der Waals surface area contributed by atoms with E-state index in [4.69, 9.17) is 4.74 Å². The van der Waals surface area contributed by atoms with Crippen molar-refractivity contribution in [2.45, 2.75) is 57.8 Å². The summed E-state index contributed by atoms with van der Waals surface area (Å²) < 4.78 is 5.69. The van der Waals surface area contributed by atoms with Crippen LogP contribution in [0, 0.1) is 13.8 Å². The summed E-state index contributed by atoms with van der Waals surface area (Å²) in [4.78, 5) is 36.3. The van der Waals surface area contributed by atoms with E-state index in [1.54, 1.807) is 11.3 Å². The van der Waals surface area contributed by atoms with E-state index >= 15 is 0 Å². The normalized spacial score (nSPS) is 22.0. The van der Waals surface area contributed by atoms with Gasteiger partial charge in [0.05, 0.1) is 28.6 Å². The molecule has 2 aromatic heterocycles. The first-order valence-corrected chi connectivity index (χ1v) is 10.7. The lowest BCUT2D eigenvalue weighted by molar-refractivity contribution is -0.142. The first-order chi connectivity index (χ1) is 12.3. The zero-order valence-corrected chi connectivity index (χ0v) is 17.4. The zero-order valence-electron chi connectivity index (χ0n) is 15.8. The number of thiophene rings is 1. The molecule has 0 spiro atoms. The molecule has 1 aliphatic rings. The number of H-pyrrole nitrogens is 1. The SMILES string of the molecule is Cc1sc2nc(CS[C@H](C)C(=O)N3C[C@@H](C)O[C@@H](C)C3)[nH]c(=O)c2c1C. The number of amides is 1. The van der Waals surface area contributed by atoms with Gasteiger partial charge in [0, 0.05) is 18.0 Å². The molecule has 3 atom stereocenters. The number of hydrogen-bond donors (Lipinski definition) is 1. The first-order valence-electron chi connectivity index (χ1n) is 8.81. The highest BCUT2D eigenvalue weighted by atomic mass is 32.2. The molecule has 0 saturated carbocycles. The fraction of sp³-hybridized carbons (Fsp3) is 0.611. The third-order valence-electron chi connectivity index (χ3n) is 4.64. The van der Waals surface area contributed by atoms with Gasteiger partial charge in [0.25, 0.3) is 5.56 Å². The van der Waals surface area contributed by atoms with E-state index in [2.05, 4.69) is 9.97 Å². The summed E-state index contributed by atoms with van der Waals surface area (Å²) >= 11 is 3.04. The van der Waals surface area contributed by atoms with Gasteiger partial charge in [-0.05, 0) is 40.2 Å². The number of carbonyl (C=O) groups excluding carboxylic acids is 1. The van der Waals surface area contributed by atoms with E-state index < -0.39 is 0 Å². The first kappa shape index (κ1) is 19.4. The molecule has 6 nitrogen and oxygen atoms in total. The molecule has 3 rings (SSSR count). The average molecular weight is 396 g/mol. The van der Waals surface area contributed by atoms with Gasteiger partial charge in [0.1, 0.15) is 10.7 Å². The average Bonchev–Trinajstić information content (AvgIpc) is 2.85. The molecule has 0 aromatic carbocycles. The standard InChI is InChI=1S/C18H25N3O3S2/c1-9-6-21(7-10(2)24-9)18(23)13(5)25-8-14-19-16(22)15-11(3)12(4)26-17(15)20-14/h9-10,13H,6-8H2,1-5H3,(H,19,20,22)/t9-,10+,13-/m1/s1. The fourth-order valence-electron chi connectivity index (χ4n) is 3.26. The Hall–Kier alpha value is -1.38. The molecule has 2 aromatic rings. The highest BCUT2D eigenvalue weighted by molar-refractivity contribution is 7.99. The Labute approximate surface area is 161 Å². The topological polar surface area (TPSA) is 75.3 Å². The molecule has 1 saturated heterocycles. The molecule has 3 heterocycles. The summed E-state index contributed by atoms with van der Waals surface area (Å²) in [5.41, 5.74) is 0.902. The number of thioether (sulfide) groups is 1. The van der Waals surface area contributed by atoms with Crippen molar-refractivity contribution in [3.05, 3.63) is 26.6 Å². The number of carbonyl (C=O) groups is 1. The van der Waals surface area contributed by atoms with Crippen molar-refractivity contribution in [1.29, 1.82) is 0 Å². The molecule has 1 N–H and O–H groups in total. The van der Waals surface area contributed by atoms with Crippen LogP contribution in [0.3, 0.4) is 0 Å². The minimum absolute atomic E-state index is 0.0608. The van der Waals surface area contributed by atoms with E-state index in [0.29, 0.717) is 30.1 Å². The molecule has 1 aliphatic heterocycles. The van der Waals surface area contributed by atoms with Gasteiger partial charge in [-0.15, -0.1) is 23.1 Å². The molecule has 0 radical (unpaired) electrons. The number of rotatable bonds is 4. The molecule has 1 fully saturated rings. The number of morpholine rings is 1. The van der Waals surface area contributed by atoms with Crippen LogP contribution in [0.2, 0.25) is 0 Å². The maximum Gasteiger partial charge on any atom is 0.259 e. The third-order valence-corrected chi connectivity index (χ3v) is 6.88. The van der Waals surface area contributed by atoms with E-state index in [-0.39, 0.29) is 28.9 Å². The van der Waals surface area contributed by atoms with Gasteiger partial charge < -0.3 is 14.6 Å². The van der Waals surface area contributed by atoms with Crippen molar-refractivity contribution in [3.63, 3.8) is 0 Å². The summed E-state index contributed by atoms with van der Waals surface area (Å²) in [6.45, 7) is 11.1. The van der Waals surface area contributed by atoms with Crippen LogP contribution >= 0.6 is 23.1 Å². The highest BCUT2D eigenvalue weighted by Crippen LogP contribution is 2.27. The van der Waals surface area contributed by atoms with Crippen molar-refractivity contribution in [2.75, 3.05) is 13.1 Å². The quantitative estimate of drug-likeness (QED) is 0.862. The molecule has 8 heteroatoms. The fourth-order valence-corrected chi connectivity index (χ4v) is 5.14. The molecule has 0 bridgehead atoms. The predicted octanol–water partition coefficient (Wildman–Crippen LogP) is 2.86. The smallest absolute Gasteiger partial charge is 0.259 e. The Kier molecular flexibility index (Phi) is 5.74.